The highest BCUT2D eigenvalue weighted by atomic mass is 19.1. The Morgan fingerprint density at radius 3 is 2.66 bits per heavy atom. The molecule has 2 aliphatic rings. The number of benzene rings is 2. The third kappa shape index (κ3) is 3.89. The summed E-state index contributed by atoms with van der Waals surface area (Å²) in [4.78, 5) is 16.6. The van der Waals surface area contributed by atoms with Crippen molar-refractivity contribution >= 4 is 11.6 Å². The van der Waals surface area contributed by atoms with Gasteiger partial charge in [-0.3, -0.25) is 0 Å². The molecule has 3 atom stereocenters. The quantitative estimate of drug-likeness (QED) is 0.743. The number of amides is 2. The van der Waals surface area contributed by atoms with Crippen LogP contribution in [-0.4, -0.2) is 66.4 Å². The van der Waals surface area contributed by atoms with Crippen molar-refractivity contribution in [3.63, 3.8) is 0 Å². The maximum absolute atomic E-state index is 14.6. The summed E-state index contributed by atoms with van der Waals surface area (Å²) in [6.07, 6.45) is 2.12. The second-order valence-electron chi connectivity index (χ2n) is 8.37. The number of carbonyl (C=O) groups is 1. The Labute approximate surface area is 185 Å². The van der Waals surface area contributed by atoms with Gasteiger partial charge in [0, 0.05) is 37.8 Å². The van der Waals surface area contributed by atoms with E-state index in [0.29, 0.717) is 24.1 Å². The van der Waals surface area contributed by atoms with Crippen molar-refractivity contribution in [3.05, 3.63) is 77.4 Å². The molecule has 8 heteroatoms. The highest BCUT2D eigenvalue weighted by molar-refractivity contribution is 5.83. The molecule has 2 aliphatic heterocycles. The van der Waals surface area contributed by atoms with E-state index in [9.17, 15) is 23.1 Å². The first-order valence-electron chi connectivity index (χ1n) is 10.6. The Hall–Kier alpha value is -2.84. The third-order valence-corrected chi connectivity index (χ3v) is 6.48. The molecular weight excluding hydrogens is 419 g/mol. The van der Waals surface area contributed by atoms with Gasteiger partial charge >= 0.3 is 6.03 Å². The van der Waals surface area contributed by atoms with E-state index in [1.807, 2.05) is 6.07 Å². The summed E-state index contributed by atoms with van der Waals surface area (Å²) in [6, 6.07) is 11.3. The molecule has 5 nitrogen and oxygen atoms in total. The van der Waals surface area contributed by atoms with Crippen molar-refractivity contribution in [1.82, 2.24) is 15.1 Å². The first-order chi connectivity index (χ1) is 15.4. The average molecular weight is 445 g/mol. The molecule has 2 aromatic carbocycles. The first kappa shape index (κ1) is 22.4. The molecule has 2 aromatic rings. The van der Waals surface area contributed by atoms with Crippen LogP contribution in [0.2, 0.25) is 0 Å². The van der Waals surface area contributed by atoms with Crippen LogP contribution in [0, 0.1) is 11.6 Å². The number of likely N-dealkylation sites (N-methyl/N-ethyl adjacent to an activating group) is 1. The van der Waals surface area contributed by atoms with Crippen molar-refractivity contribution in [3.8, 4) is 0 Å². The van der Waals surface area contributed by atoms with E-state index in [0.717, 1.165) is 18.2 Å². The molecule has 0 spiro atoms. The lowest BCUT2D eigenvalue weighted by atomic mass is 9.89. The molecule has 0 bridgehead atoms. The van der Waals surface area contributed by atoms with Gasteiger partial charge in [-0.15, -0.1) is 0 Å². The molecule has 0 saturated carbocycles. The van der Waals surface area contributed by atoms with Crippen LogP contribution in [0.3, 0.4) is 0 Å². The number of nitrogens with one attached hydrogen (secondary N) is 1. The molecule has 0 aromatic heterocycles. The van der Waals surface area contributed by atoms with E-state index in [1.165, 1.54) is 9.80 Å². The molecule has 2 amide bonds. The number of alkyl halides is 1. The summed E-state index contributed by atoms with van der Waals surface area (Å²) >= 11 is 0. The Kier molecular flexibility index (Phi) is 6.26. The van der Waals surface area contributed by atoms with E-state index < -0.39 is 30.5 Å². The van der Waals surface area contributed by atoms with Crippen LogP contribution in [0.15, 0.2) is 54.6 Å². The lowest BCUT2D eigenvalue weighted by Gasteiger charge is -2.40. The Morgan fingerprint density at radius 1 is 1.25 bits per heavy atom. The fourth-order valence-corrected chi connectivity index (χ4v) is 4.61. The number of carbonyl (C=O) groups excluding carboxylic acids is 1. The number of aliphatic hydroxyl groups excluding tert-OH is 1. The van der Waals surface area contributed by atoms with Crippen LogP contribution in [-0.2, 0) is 5.54 Å². The summed E-state index contributed by atoms with van der Waals surface area (Å²) < 4.78 is 41.5. The van der Waals surface area contributed by atoms with Crippen LogP contribution in [0.1, 0.15) is 17.5 Å². The molecule has 4 rings (SSSR count). The van der Waals surface area contributed by atoms with E-state index in [-0.39, 0.29) is 30.2 Å². The number of urea groups is 1. The van der Waals surface area contributed by atoms with Gasteiger partial charge in [0.25, 0.3) is 0 Å². The van der Waals surface area contributed by atoms with Gasteiger partial charge in [0.2, 0.25) is 0 Å². The monoisotopic (exact) mass is 445 g/mol. The van der Waals surface area contributed by atoms with Gasteiger partial charge in [-0.1, -0.05) is 30.3 Å². The summed E-state index contributed by atoms with van der Waals surface area (Å²) in [5.41, 5.74) is -0.126. The van der Waals surface area contributed by atoms with Crippen LogP contribution in [0.25, 0.3) is 5.57 Å². The number of halogens is 3. The summed E-state index contributed by atoms with van der Waals surface area (Å²) in [5, 5.41) is 13.6. The van der Waals surface area contributed by atoms with E-state index in [2.05, 4.69) is 5.32 Å². The van der Waals surface area contributed by atoms with Gasteiger partial charge in [-0.25, -0.2) is 18.0 Å². The lowest BCUT2D eigenvalue weighted by Crippen LogP contribution is -2.54. The SMILES string of the molecule is CN(C(=O)N1CC(c2cc(F)ccc2F)=C[C@@]1(CO)c1ccccc1)[C@@H]1CN[C@@H](CF)C1. The van der Waals surface area contributed by atoms with Gasteiger partial charge in [-0.05, 0) is 41.8 Å². The fraction of sp³-hybridized carbons (Fsp3) is 0.375. The summed E-state index contributed by atoms with van der Waals surface area (Å²) in [5.74, 6) is -1.20. The summed E-state index contributed by atoms with van der Waals surface area (Å²) in [6.45, 7) is -0.503. The van der Waals surface area contributed by atoms with Crippen molar-refractivity contribution in [2.45, 2.75) is 24.0 Å². The number of hydrogen-bond acceptors (Lipinski definition) is 3. The van der Waals surface area contributed by atoms with E-state index >= 15 is 0 Å². The van der Waals surface area contributed by atoms with Gasteiger partial charge in [0.15, 0.2) is 0 Å². The number of rotatable bonds is 5. The molecule has 1 fully saturated rings. The molecule has 0 aliphatic carbocycles. The van der Waals surface area contributed by atoms with Gasteiger partial charge in [0.1, 0.15) is 23.8 Å². The predicted octanol–water partition coefficient (Wildman–Crippen LogP) is 3.30. The molecule has 2 heterocycles. The number of nitrogens with zero attached hydrogens (tertiary/aromatic N) is 2. The normalized spacial score (nSPS) is 25.2. The van der Waals surface area contributed by atoms with Crippen LogP contribution in [0.4, 0.5) is 18.0 Å². The van der Waals surface area contributed by atoms with E-state index in [4.69, 9.17) is 0 Å². The zero-order valence-corrected chi connectivity index (χ0v) is 17.8. The molecule has 1 saturated heterocycles. The van der Waals surface area contributed by atoms with Crippen molar-refractivity contribution in [1.29, 1.82) is 0 Å². The minimum atomic E-state index is -1.24. The molecule has 0 unspecified atom stereocenters. The van der Waals surface area contributed by atoms with Crippen LogP contribution in [0.5, 0.6) is 0 Å². The standard InChI is InChI=1S/C24H26F3N3O2/c1-29(20-10-19(12-25)28-13-20)23(32)30-14-16(21-9-18(26)7-8-22(21)27)11-24(30,15-31)17-5-3-2-4-6-17/h2-9,11,19-20,28,31H,10,12-15H2,1H3/t19-,20+,24-/m1/s1. The van der Waals surface area contributed by atoms with Crippen LogP contribution < -0.4 is 5.32 Å². The highest BCUT2D eigenvalue weighted by Crippen LogP contribution is 2.41. The number of aliphatic hydroxyl groups is 1. The summed E-state index contributed by atoms with van der Waals surface area (Å²) in [7, 11) is 1.64. The predicted molar refractivity (Wildman–Crippen MR) is 116 cm³/mol. The van der Waals surface area contributed by atoms with Crippen molar-refractivity contribution in [2.24, 2.45) is 0 Å². The smallest absolute Gasteiger partial charge is 0.321 e. The van der Waals surface area contributed by atoms with Gasteiger partial charge in [0.05, 0.1) is 6.61 Å². The fourth-order valence-electron chi connectivity index (χ4n) is 4.61. The maximum atomic E-state index is 14.6. The Balaban J connectivity index is 1.74. The van der Waals surface area contributed by atoms with Gasteiger partial charge in [-0.2, -0.15) is 0 Å². The Bertz CT molecular complexity index is 1020. The lowest BCUT2D eigenvalue weighted by molar-refractivity contribution is 0.0805. The Morgan fingerprint density at radius 2 is 2.00 bits per heavy atom. The molecular formula is C24H26F3N3O2. The largest absolute Gasteiger partial charge is 0.393 e. The van der Waals surface area contributed by atoms with Crippen molar-refractivity contribution < 1.29 is 23.1 Å². The molecule has 32 heavy (non-hydrogen) atoms. The molecule has 2 N–H and O–H groups in total. The first-order valence-corrected chi connectivity index (χ1v) is 10.6. The average Bonchev–Trinajstić information content (AvgIpc) is 3.46. The minimum Gasteiger partial charge on any atom is -0.393 e. The highest BCUT2D eigenvalue weighted by Gasteiger charge is 2.46. The minimum absolute atomic E-state index is 0.00824. The maximum Gasteiger partial charge on any atom is 0.321 e. The third-order valence-electron chi connectivity index (χ3n) is 6.48. The topological polar surface area (TPSA) is 55.8 Å². The second kappa shape index (κ2) is 8.96. The van der Waals surface area contributed by atoms with Gasteiger partial charge < -0.3 is 20.2 Å². The molecule has 0 radical (unpaired) electrons. The zero-order valence-electron chi connectivity index (χ0n) is 17.8. The second-order valence-corrected chi connectivity index (χ2v) is 8.37. The van der Waals surface area contributed by atoms with Crippen molar-refractivity contribution in [2.75, 3.05) is 33.4 Å². The number of hydrogen-bond donors (Lipinski definition) is 2. The van der Waals surface area contributed by atoms with E-state index in [1.54, 1.807) is 37.4 Å². The zero-order chi connectivity index (χ0) is 22.9. The molecule has 170 valence electrons. The van der Waals surface area contributed by atoms with Crippen LogP contribution >= 0.6 is 0 Å².